The Labute approximate surface area is 116 Å². The van der Waals surface area contributed by atoms with E-state index < -0.39 is 0 Å². The third kappa shape index (κ3) is 3.80. The molecule has 0 spiro atoms. The van der Waals surface area contributed by atoms with E-state index in [9.17, 15) is 4.79 Å². The van der Waals surface area contributed by atoms with Gasteiger partial charge in [0.2, 0.25) is 5.91 Å². The summed E-state index contributed by atoms with van der Waals surface area (Å²) in [5, 5.41) is 0. The Morgan fingerprint density at radius 2 is 1.79 bits per heavy atom. The van der Waals surface area contributed by atoms with Gasteiger partial charge in [0, 0.05) is 39.1 Å². The summed E-state index contributed by atoms with van der Waals surface area (Å²) in [5.41, 5.74) is 2.78. The SMILES string of the molecule is CCC(=O)N1CCN(Cc2cccc(CC)c2)CC1. The normalized spacial score (nSPS) is 16.6. The maximum Gasteiger partial charge on any atom is 0.222 e. The lowest BCUT2D eigenvalue weighted by molar-refractivity contribution is -0.132. The van der Waals surface area contributed by atoms with Gasteiger partial charge in [-0.25, -0.2) is 0 Å². The maximum absolute atomic E-state index is 11.6. The Bertz CT molecular complexity index is 423. The van der Waals surface area contributed by atoms with Gasteiger partial charge in [-0.3, -0.25) is 9.69 Å². The second-order valence-electron chi connectivity index (χ2n) is 5.18. The van der Waals surface area contributed by atoms with Crippen LogP contribution in [-0.4, -0.2) is 41.9 Å². The molecular formula is C16H24N2O. The van der Waals surface area contributed by atoms with Crippen molar-refractivity contribution in [3.05, 3.63) is 35.4 Å². The molecule has 2 rings (SSSR count). The van der Waals surface area contributed by atoms with Gasteiger partial charge in [0.05, 0.1) is 0 Å². The van der Waals surface area contributed by atoms with Gasteiger partial charge < -0.3 is 4.90 Å². The van der Waals surface area contributed by atoms with Gasteiger partial charge in [0.1, 0.15) is 0 Å². The molecule has 1 heterocycles. The highest BCUT2D eigenvalue weighted by Gasteiger charge is 2.19. The first kappa shape index (κ1) is 14.1. The van der Waals surface area contributed by atoms with E-state index >= 15 is 0 Å². The van der Waals surface area contributed by atoms with Crippen LogP contribution in [0.5, 0.6) is 0 Å². The van der Waals surface area contributed by atoms with Crippen LogP contribution in [0.3, 0.4) is 0 Å². The molecule has 3 heteroatoms. The number of aryl methyl sites for hydroxylation is 1. The zero-order valence-electron chi connectivity index (χ0n) is 12.1. The summed E-state index contributed by atoms with van der Waals surface area (Å²) in [5.74, 6) is 0.285. The lowest BCUT2D eigenvalue weighted by atomic mass is 10.1. The maximum atomic E-state index is 11.6. The molecular weight excluding hydrogens is 236 g/mol. The van der Waals surface area contributed by atoms with Crippen LogP contribution in [0.25, 0.3) is 0 Å². The van der Waals surface area contributed by atoms with Crippen molar-refractivity contribution in [1.82, 2.24) is 9.80 Å². The van der Waals surface area contributed by atoms with Gasteiger partial charge in [-0.05, 0) is 17.5 Å². The number of benzene rings is 1. The minimum absolute atomic E-state index is 0.285. The molecule has 104 valence electrons. The molecule has 1 aromatic rings. The largest absolute Gasteiger partial charge is 0.340 e. The third-order valence-electron chi connectivity index (χ3n) is 3.83. The van der Waals surface area contributed by atoms with E-state index in [1.807, 2.05) is 11.8 Å². The average molecular weight is 260 g/mol. The summed E-state index contributed by atoms with van der Waals surface area (Å²) in [4.78, 5) is 16.0. The minimum Gasteiger partial charge on any atom is -0.340 e. The molecule has 0 atom stereocenters. The van der Waals surface area contributed by atoms with Crippen molar-refractivity contribution in [2.45, 2.75) is 33.2 Å². The zero-order chi connectivity index (χ0) is 13.7. The smallest absolute Gasteiger partial charge is 0.222 e. The highest BCUT2D eigenvalue weighted by Crippen LogP contribution is 2.11. The average Bonchev–Trinajstić information content (AvgIpc) is 2.47. The van der Waals surface area contributed by atoms with Crippen LogP contribution in [0.1, 0.15) is 31.4 Å². The van der Waals surface area contributed by atoms with E-state index in [4.69, 9.17) is 0 Å². The second-order valence-corrected chi connectivity index (χ2v) is 5.18. The fourth-order valence-corrected chi connectivity index (χ4v) is 2.59. The van der Waals surface area contributed by atoms with Crippen LogP contribution in [0.2, 0.25) is 0 Å². The molecule has 0 bridgehead atoms. The van der Waals surface area contributed by atoms with Crippen LogP contribution in [0.15, 0.2) is 24.3 Å². The van der Waals surface area contributed by atoms with E-state index in [1.165, 1.54) is 11.1 Å². The van der Waals surface area contributed by atoms with Crippen LogP contribution in [0.4, 0.5) is 0 Å². The van der Waals surface area contributed by atoms with Gasteiger partial charge in [-0.15, -0.1) is 0 Å². The lowest BCUT2D eigenvalue weighted by Gasteiger charge is -2.34. The number of amides is 1. The zero-order valence-corrected chi connectivity index (χ0v) is 12.1. The van der Waals surface area contributed by atoms with E-state index in [0.29, 0.717) is 6.42 Å². The number of hydrogen-bond acceptors (Lipinski definition) is 2. The topological polar surface area (TPSA) is 23.6 Å². The van der Waals surface area contributed by atoms with Crippen LogP contribution in [0, 0.1) is 0 Å². The Balaban J connectivity index is 1.86. The highest BCUT2D eigenvalue weighted by atomic mass is 16.2. The van der Waals surface area contributed by atoms with E-state index in [-0.39, 0.29) is 5.91 Å². The number of carbonyl (C=O) groups is 1. The molecule has 0 saturated carbocycles. The number of nitrogens with zero attached hydrogens (tertiary/aromatic N) is 2. The lowest BCUT2D eigenvalue weighted by Crippen LogP contribution is -2.48. The molecule has 0 N–H and O–H groups in total. The van der Waals surface area contributed by atoms with Crippen molar-refractivity contribution in [2.75, 3.05) is 26.2 Å². The Morgan fingerprint density at radius 3 is 2.42 bits per heavy atom. The van der Waals surface area contributed by atoms with E-state index in [0.717, 1.165) is 39.1 Å². The van der Waals surface area contributed by atoms with Gasteiger partial charge in [0.15, 0.2) is 0 Å². The number of rotatable bonds is 4. The first-order valence-corrected chi connectivity index (χ1v) is 7.31. The van der Waals surface area contributed by atoms with Gasteiger partial charge in [0.25, 0.3) is 0 Å². The van der Waals surface area contributed by atoms with E-state index in [1.54, 1.807) is 0 Å². The van der Waals surface area contributed by atoms with Gasteiger partial charge >= 0.3 is 0 Å². The van der Waals surface area contributed by atoms with Crippen LogP contribution >= 0.6 is 0 Å². The molecule has 19 heavy (non-hydrogen) atoms. The van der Waals surface area contributed by atoms with Gasteiger partial charge in [-0.1, -0.05) is 38.1 Å². The molecule has 1 aliphatic rings. The fourth-order valence-electron chi connectivity index (χ4n) is 2.59. The van der Waals surface area contributed by atoms with Crippen molar-refractivity contribution >= 4 is 5.91 Å². The predicted octanol–water partition coefficient (Wildman–Crippen LogP) is 2.30. The summed E-state index contributed by atoms with van der Waals surface area (Å²) < 4.78 is 0. The molecule has 1 fully saturated rings. The van der Waals surface area contributed by atoms with E-state index in [2.05, 4.69) is 36.1 Å². The van der Waals surface area contributed by atoms with Gasteiger partial charge in [-0.2, -0.15) is 0 Å². The molecule has 1 aliphatic heterocycles. The standard InChI is InChI=1S/C16H24N2O/c1-3-14-6-5-7-15(12-14)13-17-8-10-18(11-9-17)16(19)4-2/h5-7,12H,3-4,8-11,13H2,1-2H3. The first-order valence-electron chi connectivity index (χ1n) is 7.31. The van der Waals surface area contributed by atoms with Crippen molar-refractivity contribution in [1.29, 1.82) is 0 Å². The molecule has 3 nitrogen and oxygen atoms in total. The monoisotopic (exact) mass is 260 g/mol. The number of piperazine rings is 1. The molecule has 1 saturated heterocycles. The Hall–Kier alpha value is -1.35. The summed E-state index contributed by atoms with van der Waals surface area (Å²) in [6.45, 7) is 8.85. The minimum atomic E-state index is 0.285. The highest BCUT2D eigenvalue weighted by molar-refractivity contribution is 5.75. The second kappa shape index (κ2) is 6.71. The summed E-state index contributed by atoms with van der Waals surface area (Å²) >= 11 is 0. The number of carbonyl (C=O) groups excluding carboxylic acids is 1. The van der Waals surface area contributed by atoms with Crippen molar-refractivity contribution in [3.63, 3.8) is 0 Å². The molecule has 1 aromatic carbocycles. The Kier molecular flexibility index (Phi) is 4.97. The summed E-state index contributed by atoms with van der Waals surface area (Å²) in [7, 11) is 0. The van der Waals surface area contributed by atoms with Crippen LogP contribution in [-0.2, 0) is 17.8 Å². The molecule has 0 aromatic heterocycles. The fraction of sp³-hybridized carbons (Fsp3) is 0.562. The predicted molar refractivity (Wildman–Crippen MR) is 78.0 cm³/mol. The van der Waals surface area contributed by atoms with Crippen molar-refractivity contribution in [3.8, 4) is 0 Å². The number of hydrogen-bond donors (Lipinski definition) is 0. The Morgan fingerprint density at radius 1 is 1.11 bits per heavy atom. The van der Waals surface area contributed by atoms with Crippen molar-refractivity contribution in [2.24, 2.45) is 0 Å². The third-order valence-corrected chi connectivity index (χ3v) is 3.83. The first-order chi connectivity index (χ1) is 9.22. The quantitative estimate of drug-likeness (QED) is 0.829. The summed E-state index contributed by atoms with van der Waals surface area (Å²) in [6.07, 6.45) is 1.71. The van der Waals surface area contributed by atoms with Crippen molar-refractivity contribution < 1.29 is 4.79 Å². The molecule has 0 unspecified atom stereocenters. The van der Waals surface area contributed by atoms with Crippen LogP contribution < -0.4 is 0 Å². The summed E-state index contributed by atoms with van der Waals surface area (Å²) in [6, 6.07) is 8.82. The molecule has 0 radical (unpaired) electrons. The molecule has 0 aliphatic carbocycles. The molecule has 1 amide bonds.